The number of nitrogens with one attached hydrogen (secondary N) is 2. The fourth-order valence-corrected chi connectivity index (χ4v) is 5.88. The van der Waals surface area contributed by atoms with Gasteiger partial charge in [-0.15, -0.1) is 11.3 Å². The van der Waals surface area contributed by atoms with Crippen LogP contribution < -0.4 is 10.6 Å². The van der Waals surface area contributed by atoms with E-state index in [0.29, 0.717) is 17.2 Å². The van der Waals surface area contributed by atoms with Crippen molar-refractivity contribution in [2.45, 2.75) is 52.1 Å². The fourth-order valence-electron chi connectivity index (χ4n) is 4.59. The third-order valence-corrected chi connectivity index (χ3v) is 7.33. The van der Waals surface area contributed by atoms with Gasteiger partial charge < -0.3 is 15.4 Å². The maximum Gasteiger partial charge on any atom is 0.341 e. The van der Waals surface area contributed by atoms with E-state index in [1.807, 2.05) is 0 Å². The maximum absolute atomic E-state index is 12.8. The van der Waals surface area contributed by atoms with Crippen LogP contribution in [-0.2, 0) is 28.9 Å². The molecule has 166 valence electrons. The summed E-state index contributed by atoms with van der Waals surface area (Å²) in [7, 11) is 0. The molecule has 0 bridgehead atoms. The summed E-state index contributed by atoms with van der Waals surface area (Å²) in [5.74, 6) is -0.464. The number of esters is 1. The van der Waals surface area contributed by atoms with Gasteiger partial charge in [-0.25, -0.2) is 4.79 Å². The van der Waals surface area contributed by atoms with Crippen LogP contribution in [0.4, 0.5) is 5.00 Å². The van der Waals surface area contributed by atoms with Crippen molar-refractivity contribution in [3.63, 3.8) is 0 Å². The van der Waals surface area contributed by atoms with Crippen molar-refractivity contribution in [3.05, 3.63) is 51.4 Å². The van der Waals surface area contributed by atoms with E-state index in [1.54, 1.807) is 6.92 Å². The Morgan fingerprint density at radius 2 is 2.06 bits per heavy atom. The quantitative estimate of drug-likeness (QED) is 0.638. The van der Waals surface area contributed by atoms with Gasteiger partial charge in [-0.3, -0.25) is 9.69 Å². The Hall–Kier alpha value is -2.22. The highest BCUT2D eigenvalue weighted by Crippen LogP contribution is 2.37. The second-order valence-electron chi connectivity index (χ2n) is 8.12. The molecule has 1 atom stereocenters. The number of ether oxygens (including phenoxy) is 1. The lowest BCUT2D eigenvalue weighted by atomic mass is 9.88. The van der Waals surface area contributed by atoms with Crippen LogP contribution in [0.15, 0.2) is 24.3 Å². The Morgan fingerprint density at radius 1 is 1.23 bits per heavy atom. The van der Waals surface area contributed by atoms with Crippen molar-refractivity contribution >= 4 is 28.2 Å². The summed E-state index contributed by atoms with van der Waals surface area (Å²) in [4.78, 5) is 29.0. The number of amides is 1. The lowest BCUT2D eigenvalue weighted by molar-refractivity contribution is -0.115. The molecule has 0 saturated carbocycles. The molecule has 31 heavy (non-hydrogen) atoms. The topological polar surface area (TPSA) is 70.7 Å². The minimum absolute atomic E-state index is 0.125. The van der Waals surface area contributed by atoms with E-state index in [2.05, 4.69) is 46.7 Å². The number of likely N-dealkylation sites (N-methyl/N-ethyl adjacent to an activating group) is 1. The third-order valence-electron chi connectivity index (χ3n) is 6.19. The molecule has 1 aliphatic heterocycles. The van der Waals surface area contributed by atoms with Gasteiger partial charge in [0, 0.05) is 24.0 Å². The number of aryl methyl sites for hydroxylation is 1. The van der Waals surface area contributed by atoms with Crippen molar-refractivity contribution in [2.75, 3.05) is 31.6 Å². The SMILES string of the molecule is CCOC(=O)c1c(NC(=O)CNC2CCCc3ccccc32)sc2c1CCN(CC)C2. The molecule has 2 aliphatic rings. The first-order valence-electron chi connectivity index (χ1n) is 11.3. The summed E-state index contributed by atoms with van der Waals surface area (Å²) in [5, 5.41) is 7.04. The van der Waals surface area contributed by atoms with Gasteiger partial charge in [-0.1, -0.05) is 31.2 Å². The van der Waals surface area contributed by atoms with Crippen molar-refractivity contribution < 1.29 is 14.3 Å². The van der Waals surface area contributed by atoms with Gasteiger partial charge in [0.2, 0.25) is 5.91 Å². The lowest BCUT2D eigenvalue weighted by Crippen LogP contribution is -2.33. The van der Waals surface area contributed by atoms with Crippen LogP contribution in [0.3, 0.4) is 0 Å². The number of rotatable bonds is 7. The molecule has 1 amide bonds. The van der Waals surface area contributed by atoms with Gasteiger partial charge in [0.05, 0.1) is 18.7 Å². The highest BCUT2D eigenvalue weighted by molar-refractivity contribution is 7.17. The number of nitrogens with zero attached hydrogens (tertiary/aromatic N) is 1. The molecule has 7 heteroatoms. The van der Waals surface area contributed by atoms with Crippen LogP contribution in [0.5, 0.6) is 0 Å². The zero-order valence-corrected chi connectivity index (χ0v) is 19.1. The first kappa shape index (κ1) is 22.0. The van der Waals surface area contributed by atoms with E-state index in [0.717, 1.165) is 55.8 Å². The van der Waals surface area contributed by atoms with E-state index in [1.165, 1.54) is 22.5 Å². The van der Waals surface area contributed by atoms with E-state index in [-0.39, 0.29) is 24.5 Å². The second kappa shape index (κ2) is 9.94. The summed E-state index contributed by atoms with van der Waals surface area (Å²) >= 11 is 1.51. The van der Waals surface area contributed by atoms with Gasteiger partial charge in [-0.2, -0.15) is 0 Å². The highest BCUT2D eigenvalue weighted by atomic mass is 32.1. The lowest BCUT2D eigenvalue weighted by Gasteiger charge is -2.26. The number of hydrogen-bond acceptors (Lipinski definition) is 6. The monoisotopic (exact) mass is 441 g/mol. The van der Waals surface area contributed by atoms with E-state index in [9.17, 15) is 9.59 Å². The van der Waals surface area contributed by atoms with Crippen LogP contribution >= 0.6 is 11.3 Å². The Morgan fingerprint density at radius 3 is 2.87 bits per heavy atom. The summed E-state index contributed by atoms with van der Waals surface area (Å²) in [6.45, 7) is 7.19. The molecule has 1 aromatic carbocycles. The first-order chi connectivity index (χ1) is 15.1. The summed E-state index contributed by atoms with van der Waals surface area (Å²) in [5.41, 5.74) is 4.24. The predicted octanol–water partition coefficient (Wildman–Crippen LogP) is 3.91. The Balaban J connectivity index is 1.47. The van der Waals surface area contributed by atoms with Crippen molar-refractivity contribution in [1.29, 1.82) is 0 Å². The molecule has 2 N–H and O–H groups in total. The minimum atomic E-state index is -0.339. The van der Waals surface area contributed by atoms with E-state index >= 15 is 0 Å². The predicted molar refractivity (Wildman–Crippen MR) is 124 cm³/mol. The zero-order valence-electron chi connectivity index (χ0n) is 18.3. The van der Waals surface area contributed by atoms with Gasteiger partial charge in [0.25, 0.3) is 0 Å². The first-order valence-corrected chi connectivity index (χ1v) is 12.1. The van der Waals surface area contributed by atoms with E-state index in [4.69, 9.17) is 4.74 Å². The summed E-state index contributed by atoms with van der Waals surface area (Å²) < 4.78 is 5.31. The third kappa shape index (κ3) is 4.84. The average Bonchev–Trinajstić information content (AvgIpc) is 3.14. The van der Waals surface area contributed by atoms with Crippen molar-refractivity contribution in [2.24, 2.45) is 0 Å². The number of hydrogen-bond donors (Lipinski definition) is 2. The second-order valence-corrected chi connectivity index (χ2v) is 9.23. The Labute approximate surface area is 188 Å². The molecule has 6 nitrogen and oxygen atoms in total. The molecule has 4 rings (SSSR count). The van der Waals surface area contributed by atoms with Crippen LogP contribution in [0.2, 0.25) is 0 Å². The molecule has 1 aromatic heterocycles. The maximum atomic E-state index is 12.8. The zero-order chi connectivity index (χ0) is 21.8. The molecule has 1 aliphatic carbocycles. The number of carbonyl (C=O) groups excluding carboxylic acids is 2. The van der Waals surface area contributed by atoms with E-state index < -0.39 is 0 Å². The van der Waals surface area contributed by atoms with Gasteiger partial charge in [-0.05, 0) is 55.8 Å². The van der Waals surface area contributed by atoms with Crippen LogP contribution in [-0.4, -0.2) is 43.0 Å². The van der Waals surface area contributed by atoms with Crippen LogP contribution in [0.1, 0.15) is 64.7 Å². The molecule has 2 heterocycles. The Kier molecular flexibility index (Phi) is 7.05. The number of anilines is 1. The highest BCUT2D eigenvalue weighted by Gasteiger charge is 2.29. The molecule has 0 radical (unpaired) electrons. The number of fused-ring (bicyclic) bond motifs is 2. The molecule has 0 fully saturated rings. The minimum Gasteiger partial charge on any atom is -0.462 e. The normalized spacial score (nSPS) is 18.2. The average molecular weight is 442 g/mol. The standard InChI is InChI=1S/C24H31N3O3S/c1-3-27-13-12-18-20(15-27)31-23(22(18)24(29)30-4-2)26-21(28)14-25-19-11-7-9-16-8-5-6-10-17(16)19/h5-6,8,10,19,25H,3-4,7,9,11-15H2,1-2H3,(H,26,28). The molecule has 1 unspecified atom stereocenters. The molecule has 0 saturated heterocycles. The molecule has 0 spiro atoms. The fraction of sp³-hybridized carbons (Fsp3) is 0.500. The number of carbonyl (C=O) groups is 2. The smallest absolute Gasteiger partial charge is 0.341 e. The summed E-state index contributed by atoms with van der Waals surface area (Å²) in [6, 6.07) is 8.64. The van der Waals surface area contributed by atoms with Crippen LogP contribution in [0.25, 0.3) is 0 Å². The molecule has 2 aromatic rings. The van der Waals surface area contributed by atoms with Gasteiger partial charge >= 0.3 is 5.97 Å². The largest absolute Gasteiger partial charge is 0.462 e. The number of thiophene rings is 1. The van der Waals surface area contributed by atoms with Crippen LogP contribution in [0, 0.1) is 0 Å². The molecular formula is C24H31N3O3S. The van der Waals surface area contributed by atoms with Crippen molar-refractivity contribution in [1.82, 2.24) is 10.2 Å². The number of benzene rings is 1. The van der Waals surface area contributed by atoms with Gasteiger partial charge in [0.15, 0.2) is 0 Å². The van der Waals surface area contributed by atoms with Crippen molar-refractivity contribution in [3.8, 4) is 0 Å². The van der Waals surface area contributed by atoms with Gasteiger partial charge in [0.1, 0.15) is 5.00 Å². The molecular weight excluding hydrogens is 410 g/mol. The summed E-state index contributed by atoms with van der Waals surface area (Å²) in [6.07, 6.45) is 4.05. The Bertz CT molecular complexity index is 956.